The van der Waals surface area contributed by atoms with Crippen molar-refractivity contribution in [2.24, 2.45) is 0 Å². The molecule has 1 heterocycles. The molecule has 68 valence electrons. The van der Waals surface area contributed by atoms with Gasteiger partial charge in [0.05, 0.1) is 13.2 Å². The monoisotopic (exact) mass is 172 g/mol. The van der Waals surface area contributed by atoms with E-state index < -0.39 is 0 Å². The van der Waals surface area contributed by atoms with Gasteiger partial charge in [-0.25, -0.2) is 4.79 Å². The van der Waals surface area contributed by atoms with Crippen LogP contribution in [0.25, 0.3) is 0 Å². The number of methoxy groups -OCH3 is 1. The lowest BCUT2D eigenvalue weighted by Crippen LogP contribution is -2.26. The van der Waals surface area contributed by atoms with Gasteiger partial charge in [-0.2, -0.15) is 9.36 Å². The minimum Gasteiger partial charge on any atom is -0.383 e. The Morgan fingerprint density at radius 3 is 2.58 bits per heavy atom. The van der Waals surface area contributed by atoms with Crippen molar-refractivity contribution >= 4 is 0 Å². The second kappa shape index (κ2) is 4.01. The third-order valence-electron chi connectivity index (χ3n) is 1.50. The summed E-state index contributed by atoms with van der Waals surface area (Å²) in [6.07, 6.45) is 0. The number of aryl methyl sites for hydroxylation is 1. The van der Waals surface area contributed by atoms with Crippen LogP contribution in [0.5, 0.6) is 0 Å². The van der Waals surface area contributed by atoms with Crippen molar-refractivity contribution in [2.75, 3.05) is 13.7 Å². The van der Waals surface area contributed by atoms with Crippen molar-refractivity contribution in [3.05, 3.63) is 10.5 Å². The van der Waals surface area contributed by atoms with Gasteiger partial charge in [0, 0.05) is 13.7 Å². The lowest BCUT2D eigenvalue weighted by atomic mass is 10.7. The van der Waals surface area contributed by atoms with Crippen LogP contribution >= 0.6 is 0 Å². The quantitative estimate of drug-likeness (QED) is 0.591. The van der Waals surface area contributed by atoms with Crippen LogP contribution in [0.3, 0.4) is 0 Å². The molecule has 1 rings (SSSR count). The van der Waals surface area contributed by atoms with E-state index in [1.165, 1.54) is 9.36 Å². The summed E-state index contributed by atoms with van der Waals surface area (Å²) in [7, 11) is 1.58. The minimum absolute atomic E-state index is 0.186. The number of ether oxygens (including phenoxy) is 1. The van der Waals surface area contributed by atoms with Crippen LogP contribution in [-0.4, -0.2) is 33.5 Å². The van der Waals surface area contributed by atoms with Crippen LogP contribution in [0.1, 0.15) is 6.92 Å². The van der Waals surface area contributed by atoms with E-state index in [9.17, 15) is 4.79 Å². The van der Waals surface area contributed by atoms with E-state index in [2.05, 4.69) is 10.4 Å². The maximum absolute atomic E-state index is 11.3. The number of aromatic nitrogens is 4. The highest BCUT2D eigenvalue weighted by atomic mass is 16.5. The van der Waals surface area contributed by atoms with E-state index in [4.69, 9.17) is 4.74 Å². The minimum atomic E-state index is -0.186. The summed E-state index contributed by atoms with van der Waals surface area (Å²) >= 11 is 0. The molecule has 1 aromatic heterocycles. The van der Waals surface area contributed by atoms with Gasteiger partial charge in [0.25, 0.3) is 0 Å². The fourth-order valence-electron chi connectivity index (χ4n) is 0.823. The highest BCUT2D eigenvalue weighted by molar-refractivity contribution is 4.56. The van der Waals surface area contributed by atoms with Gasteiger partial charge in [-0.1, -0.05) is 0 Å². The highest BCUT2D eigenvalue weighted by Crippen LogP contribution is 1.76. The summed E-state index contributed by atoms with van der Waals surface area (Å²) < 4.78 is 7.39. The molecule has 0 atom stereocenters. The Labute approximate surface area is 69.7 Å². The lowest BCUT2D eigenvalue weighted by molar-refractivity contribution is 0.181. The number of rotatable bonds is 4. The summed E-state index contributed by atoms with van der Waals surface area (Å²) in [4.78, 5) is 11.3. The molecule has 0 aliphatic carbocycles. The molecule has 0 saturated heterocycles. The Morgan fingerprint density at radius 1 is 1.42 bits per heavy atom. The second-order valence-corrected chi connectivity index (χ2v) is 2.29. The van der Waals surface area contributed by atoms with Crippen LogP contribution in [-0.2, 0) is 17.8 Å². The Balaban J connectivity index is 2.73. The van der Waals surface area contributed by atoms with Gasteiger partial charge in [0.15, 0.2) is 0 Å². The van der Waals surface area contributed by atoms with E-state index in [0.717, 1.165) is 0 Å². The molecule has 0 aromatic carbocycles. The largest absolute Gasteiger partial charge is 0.383 e. The molecular weight excluding hydrogens is 160 g/mol. The van der Waals surface area contributed by atoms with Gasteiger partial charge < -0.3 is 4.74 Å². The van der Waals surface area contributed by atoms with Gasteiger partial charge in [-0.05, 0) is 17.4 Å². The molecular formula is C6H12N4O2. The first-order valence-corrected chi connectivity index (χ1v) is 3.79. The van der Waals surface area contributed by atoms with Gasteiger partial charge >= 0.3 is 5.69 Å². The first-order chi connectivity index (χ1) is 5.79. The maximum Gasteiger partial charge on any atom is 0.363 e. The lowest BCUT2D eigenvalue weighted by Gasteiger charge is -1.94. The summed E-state index contributed by atoms with van der Waals surface area (Å²) in [6, 6.07) is 0. The summed E-state index contributed by atoms with van der Waals surface area (Å²) in [5.74, 6) is 0. The molecule has 0 fully saturated rings. The maximum atomic E-state index is 11.3. The molecule has 0 amide bonds. The third kappa shape index (κ3) is 1.70. The molecule has 12 heavy (non-hydrogen) atoms. The molecule has 6 heteroatoms. The number of hydrogen-bond donors (Lipinski definition) is 0. The van der Waals surface area contributed by atoms with Crippen LogP contribution in [0.2, 0.25) is 0 Å². The number of nitrogens with zero attached hydrogens (tertiary/aromatic N) is 4. The Morgan fingerprint density at radius 2 is 2.08 bits per heavy atom. The van der Waals surface area contributed by atoms with Crippen molar-refractivity contribution in [2.45, 2.75) is 20.0 Å². The van der Waals surface area contributed by atoms with Crippen LogP contribution in [0, 0.1) is 0 Å². The fourth-order valence-corrected chi connectivity index (χ4v) is 0.823. The normalized spacial score (nSPS) is 10.5. The smallest absolute Gasteiger partial charge is 0.363 e. The number of hydrogen-bond acceptors (Lipinski definition) is 4. The van der Waals surface area contributed by atoms with E-state index in [1.807, 2.05) is 6.92 Å². The predicted octanol–water partition coefficient (Wildman–Crippen LogP) is -0.894. The third-order valence-corrected chi connectivity index (χ3v) is 1.50. The summed E-state index contributed by atoms with van der Waals surface area (Å²) in [5, 5.41) is 7.31. The molecule has 0 N–H and O–H groups in total. The highest BCUT2D eigenvalue weighted by Gasteiger charge is 2.02. The average Bonchev–Trinajstić information content (AvgIpc) is 2.43. The Kier molecular flexibility index (Phi) is 2.98. The van der Waals surface area contributed by atoms with Gasteiger partial charge in [0.1, 0.15) is 0 Å². The average molecular weight is 172 g/mol. The van der Waals surface area contributed by atoms with E-state index in [0.29, 0.717) is 19.7 Å². The van der Waals surface area contributed by atoms with E-state index in [-0.39, 0.29) is 5.69 Å². The molecule has 0 aliphatic heterocycles. The van der Waals surface area contributed by atoms with Gasteiger partial charge in [-0.15, -0.1) is 0 Å². The molecule has 0 radical (unpaired) electrons. The zero-order chi connectivity index (χ0) is 8.97. The zero-order valence-electron chi connectivity index (χ0n) is 7.23. The van der Waals surface area contributed by atoms with E-state index >= 15 is 0 Å². The zero-order valence-corrected chi connectivity index (χ0v) is 7.23. The van der Waals surface area contributed by atoms with Crippen molar-refractivity contribution in [3.8, 4) is 0 Å². The van der Waals surface area contributed by atoms with Crippen molar-refractivity contribution in [1.29, 1.82) is 0 Å². The Hall–Kier alpha value is -1.17. The fraction of sp³-hybridized carbons (Fsp3) is 0.833. The molecule has 0 saturated carbocycles. The first kappa shape index (κ1) is 8.92. The molecule has 0 unspecified atom stereocenters. The van der Waals surface area contributed by atoms with Crippen molar-refractivity contribution in [3.63, 3.8) is 0 Å². The topological polar surface area (TPSA) is 61.9 Å². The molecule has 0 spiro atoms. The van der Waals surface area contributed by atoms with Crippen molar-refractivity contribution < 1.29 is 4.74 Å². The molecule has 0 bridgehead atoms. The number of tetrazole rings is 1. The van der Waals surface area contributed by atoms with Gasteiger partial charge in [-0.3, -0.25) is 0 Å². The predicted molar refractivity (Wildman–Crippen MR) is 41.8 cm³/mol. The van der Waals surface area contributed by atoms with Gasteiger partial charge in [0.2, 0.25) is 0 Å². The Bertz CT molecular complexity index is 290. The standard InChI is InChI=1S/C6H12N4O2/c1-3-9-6(11)10(8-7-9)4-5-12-2/h3-5H2,1-2H3. The summed E-state index contributed by atoms with van der Waals surface area (Å²) in [5.41, 5.74) is -0.186. The molecule has 0 aliphatic rings. The SMILES string of the molecule is CCn1nnn(CCOC)c1=O. The van der Waals surface area contributed by atoms with Crippen LogP contribution < -0.4 is 5.69 Å². The second-order valence-electron chi connectivity index (χ2n) is 2.29. The molecule has 6 nitrogen and oxygen atoms in total. The van der Waals surface area contributed by atoms with Crippen molar-refractivity contribution in [1.82, 2.24) is 19.8 Å². The van der Waals surface area contributed by atoms with E-state index in [1.54, 1.807) is 7.11 Å². The molecule has 1 aromatic rings. The first-order valence-electron chi connectivity index (χ1n) is 3.79. The summed E-state index contributed by atoms with van der Waals surface area (Å²) in [6.45, 7) is 3.32. The van der Waals surface area contributed by atoms with Crippen LogP contribution in [0.15, 0.2) is 4.79 Å². The van der Waals surface area contributed by atoms with Crippen LogP contribution in [0.4, 0.5) is 0 Å².